The highest BCUT2D eigenvalue weighted by molar-refractivity contribution is 5.00. The maximum Gasteiger partial charge on any atom is 0.0129 e. The first kappa shape index (κ1) is 9.04. The topological polar surface area (TPSA) is 3.24 Å². The Labute approximate surface area is 93.2 Å². The van der Waals surface area contributed by atoms with Crippen LogP contribution in [0.2, 0.25) is 0 Å². The van der Waals surface area contributed by atoms with E-state index in [0.29, 0.717) is 0 Å². The zero-order valence-corrected chi connectivity index (χ0v) is 9.70. The van der Waals surface area contributed by atoms with Crippen molar-refractivity contribution in [3.8, 4) is 0 Å². The summed E-state index contributed by atoms with van der Waals surface area (Å²) in [6.45, 7) is 1.47. The fourth-order valence-electron chi connectivity index (χ4n) is 5.12. The third-order valence-corrected chi connectivity index (χ3v) is 5.89. The highest BCUT2D eigenvalue weighted by Crippen LogP contribution is 2.48. The number of likely N-dealkylation sites (tertiary alicyclic amines) is 1. The number of nitrogens with zero attached hydrogens (tertiary/aromatic N) is 1. The van der Waals surface area contributed by atoms with Gasteiger partial charge in [0, 0.05) is 18.6 Å². The molecule has 3 atom stereocenters. The minimum absolute atomic E-state index is 1.01. The molecular formula is C14H23N. The molecule has 3 unspecified atom stereocenters. The number of hydrogen-bond donors (Lipinski definition) is 0. The summed E-state index contributed by atoms with van der Waals surface area (Å²) >= 11 is 0. The standard InChI is InChI=1S/C14H23N/c1-4-12-5-2-10(1)8-14(12)15-9-11-3-6-13(15)7-11/h10-14H,1-9H2. The molecule has 1 nitrogen and oxygen atoms in total. The SMILES string of the molecule is C1CC2CCC1CC2N1CC2CCC1C2. The summed E-state index contributed by atoms with van der Waals surface area (Å²) < 4.78 is 0. The quantitative estimate of drug-likeness (QED) is 0.636. The lowest BCUT2D eigenvalue weighted by Crippen LogP contribution is -2.50. The minimum Gasteiger partial charge on any atom is -0.297 e. The Morgan fingerprint density at radius 1 is 0.733 bits per heavy atom. The normalized spacial score (nSPS) is 54.0. The molecule has 0 aromatic rings. The van der Waals surface area contributed by atoms with Gasteiger partial charge in [0.05, 0.1) is 0 Å². The van der Waals surface area contributed by atoms with E-state index in [1.165, 1.54) is 13.0 Å². The average molecular weight is 205 g/mol. The monoisotopic (exact) mass is 205 g/mol. The van der Waals surface area contributed by atoms with Crippen LogP contribution in [0.3, 0.4) is 0 Å². The van der Waals surface area contributed by atoms with E-state index in [2.05, 4.69) is 4.90 Å². The second kappa shape index (κ2) is 3.23. The highest BCUT2D eigenvalue weighted by Gasteiger charge is 2.46. The van der Waals surface area contributed by atoms with Crippen LogP contribution in [-0.2, 0) is 0 Å². The summed E-state index contributed by atoms with van der Waals surface area (Å²) in [6.07, 6.45) is 12.4. The van der Waals surface area contributed by atoms with Crippen LogP contribution in [0.4, 0.5) is 0 Å². The Morgan fingerprint density at radius 2 is 1.53 bits per heavy atom. The number of rotatable bonds is 1. The molecule has 1 saturated heterocycles. The molecule has 5 rings (SSSR count). The van der Waals surface area contributed by atoms with E-state index < -0.39 is 0 Å². The molecule has 1 aliphatic heterocycles. The van der Waals surface area contributed by atoms with Crippen LogP contribution in [0.5, 0.6) is 0 Å². The van der Waals surface area contributed by atoms with Crippen molar-refractivity contribution >= 4 is 0 Å². The van der Waals surface area contributed by atoms with Gasteiger partial charge >= 0.3 is 0 Å². The van der Waals surface area contributed by atoms with Crippen molar-refractivity contribution in [1.29, 1.82) is 0 Å². The zero-order chi connectivity index (χ0) is 9.83. The Hall–Kier alpha value is -0.0400. The molecule has 0 radical (unpaired) electrons. The van der Waals surface area contributed by atoms with E-state index in [1.54, 1.807) is 44.9 Å². The molecule has 5 fully saturated rings. The second-order valence-corrected chi connectivity index (χ2v) is 6.61. The molecule has 15 heavy (non-hydrogen) atoms. The number of hydrogen-bond acceptors (Lipinski definition) is 1. The third kappa shape index (κ3) is 1.32. The van der Waals surface area contributed by atoms with Gasteiger partial charge in [-0.05, 0) is 56.3 Å². The van der Waals surface area contributed by atoms with Crippen molar-refractivity contribution in [2.45, 2.75) is 63.5 Å². The van der Waals surface area contributed by atoms with Gasteiger partial charge in [-0.2, -0.15) is 0 Å². The van der Waals surface area contributed by atoms with Gasteiger partial charge in [0.15, 0.2) is 0 Å². The summed E-state index contributed by atoms with van der Waals surface area (Å²) in [5, 5.41) is 0. The van der Waals surface area contributed by atoms with E-state index in [-0.39, 0.29) is 0 Å². The molecule has 4 bridgehead atoms. The van der Waals surface area contributed by atoms with Crippen molar-refractivity contribution in [3.63, 3.8) is 0 Å². The van der Waals surface area contributed by atoms with E-state index in [4.69, 9.17) is 0 Å². The van der Waals surface area contributed by atoms with Crippen molar-refractivity contribution in [1.82, 2.24) is 4.90 Å². The predicted molar refractivity (Wildman–Crippen MR) is 61.7 cm³/mol. The molecule has 1 heteroatoms. The van der Waals surface area contributed by atoms with Gasteiger partial charge in [0.2, 0.25) is 0 Å². The third-order valence-electron chi connectivity index (χ3n) is 5.89. The van der Waals surface area contributed by atoms with Crippen LogP contribution in [0.15, 0.2) is 0 Å². The summed E-state index contributed by atoms with van der Waals surface area (Å²) in [4.78, 5) is 2.95. The molecule has 1 heterocycles. The van der Waals surface area contributed by atoms with E-state index in [9.17, 15) is 0 Å². The Bertz CT molecular complexity index is 254. The lowest BCUT2D eigenvalue weighted by Gasteiger charge is -2.48. The maximum absolute atomic E-state index is 2.95. The molecule has 4 aliphatic carbocycles. The van der Waals surface area contributed by atoms with Crippen LogP contribution in [-0.4, -0.2) is 23.5 Å². The Balaban J connectivity index is 1.53. The van der Waals surface area contributed by atoms with Gasteiger partial charge < -0.3 is 0 Å². The van der Waals surface area contributed by atoms with Crippen LogP contribution >= 0.6 is 0 Å². The maximum atomic E-state index is 2.95. The first-order chi connectivity index (χ1) is 7.40. The molecule has 4 saturated carbocycles. The minimum atomic E-state index is 1.01. The Morgan fingerprint density at radius 3 is 2.07 bits per heavy atom. The van der Waals surface area contributed by atoms with Crippen LogP contribution in [0.25, 0.3) is 0 Å². The fraction of sp³-hybridized carbons (Fsp3) is 1.00. The lowest BCUT2D eigenvalue weighted by molar-refractivity contribution is 0.0164. The zero-order valence-electron chi connectivity index (χ0n) is 9.70. The van der Waals surface area contributed by atoms with Gasteiger partial charge in [-0.1, -0.05) is 12.8 Å². The number of piperidine rings is 1. The molecule has 0 amide bonds. The molecule has 84 valence electrons. The summed E-state index contributed by atoms with van der Waals surface area (Å²) in [6, 6.07) is 2.03. The summed E-state index contributed by atoms with van der Waals surface area (Å²) in [5.41, 5.74) is 0. The molecule has 5 aliphatic rings. The average Bonchev–Trinajstić information content (AvgIpc) is 2.92. The van der Waals surface area contributed by atoms with Crippen molar-refractivity contribution < 1.29 is 0 Å². The van der Waals surface area contributed by atoms with Gasteiger partial charge in [-0.25, -0.2) is 0 Å². The van der Waals surface area contributed by atoms with Crippen LogP contribution in [0, 0.1) is 17.8 Å². The first-order valence-electron chi connectivity index (χ1n) is 7.16. The van der Waals surface area contributed by atoms with Gasteiger partial charge in [0.1, 0.15) is 0 Å². The van der Waals surface area contributed by atoms with Gasteiger partial charge in [0.25, 0.3) is 0 Å². The number of fused-ring (bicyclic) bond motifs is 5. The second-order valence-electron chi connectivity index (χ2n) is 6.61. The van der Waals surface area contributed by atoms with Gasteiger partial charge in [-0.3, -0.25) is 4.90 Å². The Kier molecular flexibility index (Phi) is 1.94. The molecule has 0 aromatic heterocycles. The van der Waals surface area contributed by atoms with E-state index in [1.807, 2.05) is 0 Å². The van der Waals surface area contributed by atoms with E-state index in [0.717, 1.165) is 29.8 Å². The first-order valence-corrected chi connectivity index (χ1v) is 7.16. The summed E-state index contributed by atoms with van der Waals surface area (Å²) in [5.74, 6) is 3.30. The molecular weight excluding hydrogens is 182 g/mol. The smallest absolute Gasteiger partial charge is 0.0129 e. The molecule has 0 N–H and O–H groups in total. The van der Waals surface area contributed by atoms with Crippen LogP contribution in [0.1, 0.15) is 51.4 Å². The van der Waals surface area contributed by atoms with Crippen molar-refractivity contribution in [2.24, 2.45) is 17.8 Å². The van der Waals surface area contributed by atoms with Crippen LogP contribution < -0.4 is 0 Å². The fourth-order valence-corrected chi connectivity index (χ4v) is 5.12. The predicted octanol–water partition coefficient (Wildman–Crippen LogP) is 3.05. The summed E-state index contributed by atoms with van der Waals surface area (Å²) in [7, 11) is 0. The van der Waals surface area contributed by atoms with Gasteiger partial charge in [-0.15, -0.1) is 0 Å². The van der Waals surface area contributed by atoms with E-state index >= 15 is 0 Å². The molecule has 0 spiro atoms. The lowest BCUT2D eigenvalue weighted by atomic mass is 9.67. The molecule has 0 aromatic carbocycles. The van der Waals surface area contributed by atoms with Crippen molar-refractivity contribution in [3.05, 3.63) is 0 Å². The highest BCUT2D eigenvalue weighted by atomic mass is 15.2. The van der Waals surface area contributed by atoms with Crippen molar-refractivity contribution in [2.75, 3.05) is 6.54 Å². The largest absolute Gasteiger partial charge is 0.297 e.